The van der Waals surface area contributed by atoms with Gasteiger partial charge in [0, 0.05) is 36.1 Å². The fraction of sp³-hybridized carbons (Fsp3) is 0.375. The number of nitrogens with zero attached hydrogens (tertiary/aromatic N) is 1. The molecule has 6 heteroatoms. The van der Waals surface area contributed by atoms with E-state index in [1.165, 1.54) is 12.1 Å². The third kappa shape index (κ3) is 2.81. The first-order valence-corrected chi connectivity index (χ1v) is 7.37. The summed E-state index contributed by atoms with van der Waals surface area (Å²) < 4.78 is 13.4. The predicted molar refractivity (Wildman–Crippen MR) is 80.5 cm³/mol. The Balaban J connectivity index is 1.69. The zero-order valence-corrected chi connectivity index (χ0v) is 12.1. The number of piperidine rings is 1. The number of aromatic nitrogens is 1. The largest absolute Gasteiger partial charge is 0.369 e. The Morgan fingerprint density at radius 2 is 2.05 bits per heavy atom. The van der Waals surface area contributed by atoms with E-state index < -0.39 is 0 Å². The maximum atomic E-state index is 13.4. The van der Waals surface area contributed by atoms with E-state index in [9.17, 15) is 14.0 Å². The second kappa shape index (κ2) is 5.79. The highest BCUT2D eigenvalue weighted by Gasteiger charge is 2.26. The summed E-state index contributed by atoms with van der Waals surface area (Å²) in [6.07, 6.45) is 3.20. The number of amides is 2. The number of rotatable bonds is 3. The van der Waals surface area contributed by atoms with Crippen molar-refractivity contribution in [3.05, 3.63) is 35.8 Å². The smallest absolute Gasteiger partial charge is 0.227 e. The van der Waals surface area contributed by atoms with Gasteiger partial charge >= 0.3 is 0 Å². The molecule has 3 N–H and O–H groups in total. The summed E-state index contributed by atoms with van der Waals surface area (Å²) in [7, 11) is 0. The van der Waals surface area contributed by atoms with E-state index in [0.717, 1.165) is 16.5 Å². The molecule has 5 nitrogen and oxygen atoms in total. The monoisotopic (exact) mass is 303 g/mol. The molecular weight excluding hydrogens is 285 g/mol. The SMILES string of the molecule is NC(=O)C1CCN(C(=O)Cc2c[nH]c3ccc(F)cc23)CC1. The number of halogens is 1. The molecule has 1 aromatic heterocycles. The zero-order valence-electron chi connectivity index (χ0n) is 12.1. The quantitative estimate of drug-likeness (QED) is 0.902. The van der Waals surface area contributed by atoms with Gasteiger partial charge in [-0.15, -0.1) is 0 Å². The molecule has 2 amide bonds. The van der Waals surface area contributed by atoms with Crippen LogP contribution in [0.5, 0.6) is 0 Å². The number of primary amides is 1. The number of hydrogen-bond acceptors (Lipinski definition) is 2. The summed E-state index contributed by atoms with van der Waals surface area (Å²) in [5.74, 6) is -0.749. The molecule has 0 saturated carbocycles. The minimum Gasteiger partial charge on any atom is -0.369 e. The number of nitrogens with two attached hydrogens (primary N) is 1. The Labute approximate surface area is 127 Å². The third-order valence-corrected chi connectivity index (χ3v) is 4.32. The van der Waals surface area contributed by atoms with Crippen molar-refractivity contribution in [2.24, 2.45) is 11.7 Å². The average molecular weight is 303 g/mol. The van der Waals surface area contributed by atoms with Crippen LogP contribution in [0, 0.1) is 11.7 Å². The Bertz CT molecular complexity index is 717. The van der Waals surface area contributed by atoms with E-state index in [-0.39, 0.29) is 30.0 Å². The van der Waals surface area contributed by atoms with Crippen LogP contribution in [0.3, 0.4) is 0 Å². The number of likely N-dealkylation sites (tertiary alicyclic amines) is 1. The van der Waals surface area contributed by atoms with Gasteiger partial charge < -0.3 is 15.6 Å². The van der Waals surface area contributed by atoms with Crippen LogP contribution in [0.4, 0.5) is 4.39 Å². The zero-order chi connectivity index (χ0) is 15.7. The van der Waals surface area contributed by atoms with Crippen molar-refractivity contribution >= 4 is 22.7 Å². The Morgan fingerprint density at radius 1 is 1.32 bits per heavy atom. The van der Waals surface area contributed by atoms with Crippen LogP contribution in [0.15, 0.2) is 24.4 Å². The number of H-pyrrole nitrogens is 1. The number of benzene rings is 1. The molecule has 1 aliphatic heterocycles. The fourth-order valence-electron chi connectivity index (χ4n) is 2.99. The molecule has 0 spiro atoms. The van der Waals surface area contributed by atoms with Gasteiger partial charge in [-0.2, -0.15) is 0 Å². The molecule has 1 saturated heterocycles. The van der Waals surface area contributed by atoms with Gasteiger partial charge in [0.2, 0.25) is 11.8 Å². The highest BCUT2D eigenvalue weighted by molar-refractivity contribution is 5.89. The van der Waals surface area contributed by atoms with E-state index in [2.05, 4.69) is 4.98 Å². The maximum Gasteiger partial charge on any atom is 0.227 e. The van der Waals surface area contributed by atoms with Crippen LogP contribution in [-0.2, 0) is 16.0 Å². The Morgan fingerprint density at radius 3 is 2.73 bits per heavy atom. The fourth-order valence-corrected chi connectivity index (χ4v) is 2.99. The molecular formula is C16H18FN3O2. The average Bonchev–Trinajstić information content (AvgIpc) is 2.89. The van der Waals surface area contributed by atoms with Crippen molar-refractivity contribution in [1.82, 2.24) is 9.88 Å². The molecule has 1 aliphatic rings. The van der Waals surface area contributed by atoms with Gasteiger partial charge in [0.15, 0.2) is 0 Å². The number of nitrogens with one attached hydrogen (secondary N) is 1. The summed E-state index contributed by atoms with van der Waals surface area (Å²) in [5, 5.41) is 0.736. The van der Waals surface area contributed by atoms with Gasteiger partial charge in [-0.3, -0.25) is 9.59 Å². The van der Waals surface area contributed by atoms with E-state index in [1.807, 2.05) is 0 Å². The number of fused-ring (bicyclic) bond motifs is 1. The molecule has 116 valence electrons. The first-order chi connectivity index (χ1) is 10.5. The van der Waals surface area contributed by atoms with Gasteiger partial charge in [0.05, 0.1) is 6.42 Å². The molecule has 2 aromatic rings. The standard InChI is InChI=1S/C16H18FN3O2/c17-12-1-2-14-13(8-12)11(9-19-14)7-15(21)20-5-3-10(4-6-20)16(18)22/h1-2,8-10,19H,3-7H2,(H2,18,22). The van der Waals surface area contributed by atoms with Gasteiger partial charge in [-0.05, 0) is 36.6 Å². The van der Waals surface area contributed by atoms with Gasteiger partial charge in [0.1, 0.15) is 5.82 Å². The Kier molecular flexibility index (Phi) is 3.83. The van der Waals surface area contributed by atoms with E-state index >= 15 is 0 Å². The molecule has 1 aromatic carbocycles. The van der Waals surface area contributed by atoms with Crippen LogP contribution in [-0.4, -0.2) is 34.8 Å². The lowest BCUT2D eigenvalue weighted by atomic mass is 9.96. The molecule has 2 heterocycles. The number of carbonyl (C=O) groups excluding carboxylic acids is 2. The normalized spacial score (nSPS) is 16.1. The summed E-state index contributed by atoms with van der Waals surface area (Å²) >= 11 is 0. The molecule has 0 bridgehead atoms. The molecule has 3 rings (SSSR count). The summed E-state index contributed by atoms with van der Waals surface area (Å²) in [6.45, 7) is 1.09. The van der Waals surface area contributed by atoms with Crippen molar-refractivity contribution in [3.63, 3.8) is 0 Å². The van der Waals surface area contributed by atoms with Crippen molar-refractivity contribution in [2.45, 2.75) is 19.3 Å². The lowest BCUT2D eigenvalue weighted by molar-refractivity contribution is -0.134. The van der Waals surface area contributed by atoms with Crippen LogP contribution < -0.4 is 5.73 Å². The van der Waals surface area contributed by atoms with Crippen LogP contribution in [0.25, 0.3) is 10.9 Å². The van der Waals surface area contributed by atoms with Crippen LogP contribution in [0.2, 0.25) is 0 Å². The topological polar surface area (TPSA) is 79.2 Å². The maximum absolute atomic E-state index is 13.4. The summed E-state index contributed by atoms with van der Waals surface area (Å²) in [5.41, 5.74) is 6.90. The summed E-state index contributed by atoms with van der Waals surface area (Å²) in [6, 6.07) is 4.49. The van der Waals surface area contributed by atoms with Crippen molar-refractivity contribution in [1.29, 1.82) is 0 Å². The lowest BCUT2D eigenvalue weighted by Crippen LogP contribution is -2.42. The number of aromatic amines is 1. The third-order valence-electron chi connectivity index (χ3n) is 4.32. The summed E-state index contributed by atoms with van der Waals surface area (Å²) in [4.78, 5) is 28.3. The first kappa shape index (κ1) is 14.6. The molecule has 0 aliphatic carbocycles. The van der Waals surface area contributed by atoms with Crippen LogP contribution >= 0.6 is 0 Å². The highest BCUT2D eigenvalue weighted by Crippen LogP contribution is 2.22. The molecule has 0 atom stereocenters. The molecule has 0 unspecified atom stereocenters. The number of hydrogen-bond donors (Lipinski definition) is 2. The van der Waals surface area contributed by atoms with E-state index in [0.29, 0.717) is 25.9 Å². The van der Waals surface area contributed by atoms with Crippen LogP contribution in [0.1, 0.15) is 18.4 Å². The highest BCUT2D eigenvalue weighted by atomic mass is 19.1. The molecule has 1 fully saturated rings. The van der Waals surface area contributed by atoms with E-state index in [1.54, 1.807) is 17.2 Å². The number of carbonyl (C=O) groups is 2. The first-order valence-electron chi connectivity index (χ1n) is 7.37. The van der Waals surface area contributed by atoms with Crippen molar-refractivity contribution in [3.8, 4) is 0 Å². The van der Waals surface area contributed by atoms with Gasteiger partial charge in [-0.1, -0.05) is 0 Å². The second-order valence-electron chi connectivity index (χ2n) is 5.74. The van der Waals surface area contributed by atoms with Gasteiger partial charge in [-0.25, -0.2) is 4.39 Å². The minimum atomic E-state index is -0.317. The van der Waals surface area contributed by atoms with E-state index in [4.69, 9.17) is 5.73 Å². The molecule has 22 heavy (non-hydrogen) atoms. The van der Waals surface area contributed by atoms with Crippen molar-refractivity contribution in [2.75, 3.05) is 13.1 Å². The predicted octanol–water partition coefficient (Wildman–Crippen LogP) is 1.57. The Hall–Kier alpha value is -2.37. The minimum absolute atomic E-state index is 0.00641. The second-order valence-corrected chi connectivity index (χ2v) is 5.74. The molecule has 0 radical (unpaired) electrons. The van der Waals surface area contributed by atoms with Crippen molar-refractivity contribution < 1.29 is 14.0 Å². The lowest BCUT2D eigenvalue weighted by Gasteiger charge is -2.30. The van der Waals surface area contributed by atoms with Gasteiger partial charge in [0.25, 0.3) is 0 Å².